The number of carbonyl (C=O) groups is 1. The van der Waals surface area contributed by atoms with Crippen LogP contribution in [0.3, 0.4) is 0 Å². The minimum atomic E-state index is -0.981. The molecule has 34 heavy (non-hydrogen) atoms. The molecule has 176 valence electrons. The molecule has 0 unspecified atom stereocenters. The Morgan fingerprint density at radius 2 is 2.03 bits per heavy atom. The lowest BCUT2D eigenvalue weighted by atomic mass is 10.0. The number of carboxylic acid groups (broad SMARTS) is 1. The van der Waals surface area contributed by atoms with Gasteiger partial charge in [0, 0.05) is 22.9 Å². The molecule has 3 aromatic rings. The average molecular weight is 476 g/mol. The highest BCUT2D eigenvalue weighted by atomic mass is 32.1. The van der Waals surface area contributed by atoms with E-state index in [2.05, 4.69) is 36.2 Å². The molecule has 0 spiro atoms. The third-order valence-electron chi connectivity index (χ3n) is 5.75. The van der Waals surface area contributed by atoms with Crippen molar-refractivity contribution in [2.75, 3.05) is 13.2 Å². The highest BCUT2D eigenvalue weighted by Gasteiger charge is 2.28. The van der Waals surface area contributed by atoms with E-state index in [1.165, 1.54) is 0 Å². The number of ether oxygens (including phenoxy) is 2. The fourth-order valence-electron chi connectivity index (χ4n) is 3.86. The van der Waals surface area contributed by atoms with Crippen LogP contribution in [0.1, 0.15) is 52.9 Å². The minimum absolute atomic E-state index is 0.343. The Kier molecular flexibility index (Phi) is 7.48. The van der Waals surface area contributed by atoms with Crippen molar-refractivity contribution in [3.63, 3.8) is 0 Å². The number of carboxylic acids is 1. The molecule has 1 heterocycles. The molecule has 0 atom stereocenters. The van der Waals surface area contributed by atoms with Crippen LogP contribution in [0.2, 0.25) is 0 Å². The first-order valence-corrected chi connectivity index (χ1v) is 12.3. The summed E-state index contributed by atoms with van der Waals surface area (Å²) >= 11 is 1.64. The van der Waals surface area contributed by atoms with Crippen molar-refractivity contribution >= 4 is 29.5 Å². The molecule has 0 aliphatic heterocycles. The number of hydrogen-bond acceptors (Lipinski definition) is 5. The molecule has 0 amide bonds. The molecule has 5 nitrogen and oxygen atoms in total. The molecule has 1 fully saturated rings. The van der Waals surface area contributed by atoms with Crippen molar-refractivity contribution in [1.82, 2.24) is 4.98 Å². The van der Waals surface area contributed by atoms with E-state index in [1.807, 2.05) is 38.1 Å². The molecule has 1 aromatic heterocycles. The highest BCUT2D eigenvalue weighted by molar-refractivity contribution is 7.09. The number of thiazole rings is 1. The standard InChI is InChI=1S/C28H29NO4S/c1-4-6-21-14-22(10-7-19(21)5-2)24-17-34-27(29-24)11-12-32-26-13-18(3)25(33-16-28(30)31)15-23(26)20-8-9-20/h4-7,10,13-15,17,20H,2,8-9,11-12,16H2,1,3H3,(H,30,31)/b6-4-. The van der Waals surface area contributed by atoms with Crippen LogP contribution in [0.15, 0.2) is 48.4 Å². The number of benzene rings is 2. The van der Waals surface area contributed by atoms with Gasteiger partial charge in [-0.3, -0.25) is 0 Å². The SMILES string of the molecule is C=Cc1ccc(-c2csc(CCOc3cc(C)c(OCC(=O)O)cc3C3CC3)n2)cc1/C=C\C. The molecule has 2 aromatic carbocycles. The van der Waals surface area contributed by atoms with Gasteiger partial charge in [0.15, 0.2) is 6.61 Å². The van der Waals surface area contributed by atoms with E-state index >= 15 is 0 Å². The van der Waals surface area contributed by atoms with Gasteiger partial charge in [-0.05, 0) is 67.5 Å². The van der Waals surface area contributed by atoms with Crippen molar-refractivity contribution in [3.8, 4) is 22.8 Å². The van der Waals surface area contributed by atoms with Crippen LogP contribution in [-0.2, 0) is 11.2 Å². The van der Waals surface area contributed by atoms with Crippen LogP contribution in [0, 0.1) is 6.92 Å². The first-order chi connectivity index (χ1) is 16.5. The monoisotopic (exact) mass is 475 g/mol. The third kappa shape index (κ3) is 5.75. The summed E-state index contributed by atoms with van der Waals surface area (Å²) in [4.78, 5) is 15.7. The summed E-state index contributed by atoms with van der Waals surface area (Å²) in [5.74, 6) is 0.945. The lowest BCUT2D eigenvalue weighted by Crippen LogP contribution is -2.11. The molecular weight excluding hydrogens is 446 g/mol. The van der Waals surface area contributed by atoms with Gasteiger partial charge in [0.05, 0.1) is 17.3 Å². The summed E-state index contributed by atoms with van der Waals surface area (Å²) in [6.45, 7) is 8.00. The Balaban J connectivity index is 1.43. The van der Waals surface area contributed by atoms with Crippen molar-refractivity contribution in [3.05, 3.63) is 75.6 Å². The molecular formula is C28H29NO4S. The first-order valence-electron chi connectivity index (χ1n) is 11.4. The number of aliphatic carboxylic acids is 1. The molecule has 0 saturated heterocycles. The fraction of sp³-hybridized carbons (Fsp3) is 0.286. The second kappa shape index (κ2) is 10.7. The zero-order chi connectivity index (χ0) is 24.1. The predicted molar refractivity (Wildman–Crippen MR) is 138 cm³/mol. The zero-order valence-electron chi connectivity index (χ0n) is 19.5. The Hall–Kier alpha value is -3.38. The van der Waals surface area contributed by atoms with E-state index in [0.29, 0.717) is 18.3 Å². The van der Waals surface area contributed by atoms with Crippen LogP contribution in [0.4, 0.5) is 0 Å². The van der Waals surface area contributed by atoms with Crippen LogP contribution in [0.25, 0.3) is 23.4 Å². The van der Waals surface area contributed by atoms with E-state index in [-0.39, 0.29) is 6.61 Å². The van der Waals surface area contributed by atoms with Crippen molar-refractivity contribution in [1.29, 1.82) is 0 Å². The van der Waals surface area contributed by atoms with Gasteiger partial charge in [-0.25, -0.2) is 9.78 Å². The number of aromatic nitrogens is 1. The van der Waals surface area contributed by atoms with E-state index in [0.717, 1.165) is 63.5 Å². The van der Waals surface area contributed by atoms with E-state index in [1.54, 1.807) is 11.3 Å². The smallest absolute Gasteiger partial charge is 0.341 e. The molecule has 1 aliphatic carbocycles. The molecule has 1 N–H and O–H groups in total. The van der Waals surface area contributed by atoms with Crippen LogP contribution < -0.4 is 9.47 Å². The highest BCUT2D eigenvalue weighted by Crippen LogP contribution is 2.46. The molecule has 4 rings (SSSR count). The number of allylic oxidation sites excluding steroid dienone is 1. The van der Waals surface area contributed by atoms with Crippen LogP contribution >= 0.6 is 11.3 Å². The number of nitrogens with zero attached hydrogens (tertiary/aromatic N) is 1. The van der Waals surface area contributed by atoms with Gasteiger partial charge in [-0.15, -0.1) is 11.3 Å². The maximum absolute atomic E-state index is 10.9. The summed E-state index contributed by atoms with van der Waals surface area (Å²) in [6, 6.07) is 10.2. The lowest BCUT2D eigenvalue weighted by Gasteiger charge is -2.15. The molecule has 1 saturated carbocycles. The first kappa shape index (κ1) is 23.8. The van der Waals surface area contributed by atoms with Gasteiger partial charge in [0.2, 0.25) is 0 Å². The van der Waals surface area contributed by atoms with Gasteiger partial charge >= 0.3 is 5.97 Å². The molecule has 0 radical (unpaired) electrons. The quantitative estimate of drug-likeness (QED) is 0.332. The van der Waals surface area contributed by atoms with E-state index < -0.39 is 5.97 Å². The summed E-state index contributed by atoms with van der Waals surface area (Å²) in [5, 5.41) is 12.0. The summed E-state index contributed by atoms with van der Waals surface area (Å²) < 4.78 is 11.6. The summed E-state index contributed by atoms with van der Waals surface area (Å²) in [6.07, 6.45) is 8.93. The van der Waals surface area contributed by atoms with Crippen LogP contribution in [-0.4, -0.2) is 29.3 Å². The van der Waals surface area contributed by atoms with E-state index in [4.69, 9.17) is 19.6 Å². The third-order valence-corrected chi connectivity index (χ3v) is 6.66. The lowest BCUT2D eigenvalue weighted by molar-refractivity contribution is -0.139. The molecule has 0 bridgehead atoms. The van der Waals surface area contributed by atoms with Crippen molar-refractivity contribution in [2.45, 2.75) is 39.0 Å². The second-order valence-electron chi connectivity index (χ2n) is 8.38. The fourth-order valence-corrected chi connectivity index (χ4v) is 4.65. The van der Waals surface area contributed by atoms with Crippen molar-refractivity contribution in [2.24, 2.45) is 0 Å². The number of rotatable bonds is 11. The normalized spacial score (nSPS) is 13.2. The number of aryl methyl sites for hydroxylation is 1. The number of hydrogen-bond donors (Lipinski definition) is 1. The van der Waals surface area contributed by atoms with Crippen molar-refractivity contribution < 1.29 is 19.4 Å². The minimum Gasteiger partial charge on any atom is -0.493 e. The zero-order valence-corrected chi connectivity index (χ0v) is 20.4. The Labute approximate surface area is 204 Å². The van der Waals surface area contributed by atoms with Gasteiger partial charge < -0.3 is 14.6 Å². The summed E-state index contributed by atoms with van der Waals surface area (Å²) in [5.41, 5.74) is 6.27. The van der Waals surface area contributed by atoms with Crippen LogP contribution in [0.5, 0.6) is 11.5 Å². The predicted octanol–water partition coefficient (Wildman–Crippen LogP) is 6.76. The average Bonchev–Trinajstić information content (AvgIpc) is 3.56. The van der Waals surface area contributed by atoms with Gasteiger partial charge in [-0.2, -0.15) is 0 Å². The second-order valence-corrected chi connectivity index (χ2v) is 9.33. The molecule has 1 aliphatic rings. The Morgan fingerprint density at radius 3 is 2.74 bits per heavy atom. The van der Waals surface area contributed by atoms with Gasteiger partial charge in [-0.1, -0.05) is 36.9 Å². The Bertz CT molecular complexity index is 1220. The largest absolute Gasteiger partial charge is 0.493 e. The maximum Gasteiger partial charge on any atom is 0.341 e. The van der Waals surface area contributed by atoms with E-state index in [9.17, 15) is 4.79 Å². The van der Waals surface area contributed by atoms with Gasteiger partial charge in [0.1, 0.15) is 11.5 Å². The Morgan fingerprint density at radius 1 is 1.21 bits per heavy atom. The topological polar surface area (TPSA) is 68.7 Å². The van der Waals surface area contributed by atoms with Gasteiger partial charge in [0.25, 0.3) is 0 Å². The maximum atomic E-state index is 10.9. The summed E-state index contributed by atoms with van der Waals surface area (Å²) in [7, 11) is 0. The molecule has 6 heteroatoms.